The summed E-state index contributed by atoms with van der Waals surface area (Å²) in [5, 5.41) is 8.48. The smallest absolute Gasteiger partial charge is 0.115 e. The van der Waals surface area contributed by atoms with E-state index in [4.69, 9.17) is 0 Å². The van der Waals surface area contributed by atoms with Gasteiger partial charge < -0.3 is 0 Å². The highest BCUT2D eigenvalue weighted by Gasteiger charge is 2.05. The van der Waals surface area contributed by atoms with Crippen LogP contribution in [0, 0.1) is 0 Å². The summed E-state index contributed by atoms with van der Waals surface area (Å²) in [7, 11) is 0. The van der Waals surface area contributed by atoms with Crippen LogP contribution < -0.4 is 0 Å². The predicted octanol–water partition coefficient (Wildman–Crippen LogP) is 5.23. The van der Waals surface area contributed by atoms with Gasteiger partial charge >= 0.3 is 0 Å². The van der Waals surface area contributed by atoms with Gasteiger partial charge in [0.1, 0.15) is 5.69 Å². The molecule has 25 heavy (non-hydrogen) atoms. The number of nitrogens with zero attached hydrogens (tertiary/aromatic N) is 4. The maximum absolute atomic E-state index is 4.24. The molecule has 2 heterocycles. The summed E-state index contributed by atoms with van der Waals surface area (Å²) in [6, 6.07) is 12.5. The Hall–Kier alpha value is -2.49. The third kappa shape index (κ3) is 4.99. The lowest BCUT2D eigenvalue weighted by Gasteiger charge is -2.04. The molecular weight excluding hydrogens is 308 g/mol. The Kier molecular flexibility index (Phi) is 6.32. The number of aromatic nitrogens is 4. The fraction of sp³-hybridized carbons (Fsp3) is 0.381. The molecule has 0 saturated carbocycles. The fourth-order valence-corrected chi connectivity index (χ4v) is 2.96. The van der Waals surface area contributed by atoms with E-state index in [1.165, 1.54) is 44.1 Å². The van der Waals surface area contributed by atoms with Gasteiger partial charge in [0.15, 0.2) is 0 Å². The number of hydrogen-bond donors (Lipinski definition) is 0. The normalized spacial score (nSPS) is 10.9. The molecule has 0 radical (unpaired) electrons. The van der Waals surface area contributed by atoms with Crippen LogP contribution in [-0.2, 0) is 6.42 Å². The molecule has 130 valence electrons. The van der Waals surface area contributed by atoms with Gasteiger partial charge in [-0.15, -0.1) is 5.10 Å². The predicted molar refractivity (Wildman–Crippen MR) is 102 cm³/mol. The van der Waals surface area contributed by atoms with Crippen molar-refractivity contribution in [2.24, 2.45) is 0 Å². The first kappa shape index (κ1) is 17.3. The van der Waals surface area contributed by atoms with E-state index in [9.17, 15) is 0 Å². The molecule has 3 rings (SSSR count). The number of aryl methyl sites for hydroxylation is 1. The van der Waals surface area contributed by atoms with Gasteiger partial charge in [0.25, 0.3) is 0 Å². The second-order valence-corrected chi connectivity index (χ2v) is 6.47. The minimum Gasteiger partial charge on any atom is -0.264 e. The highest BCUT2D eigenvalue weighted by atomic mass is 15.4. The van der Waals surface area contributed by atoms with Gasteiger partial charge in [0, 0.05) is 18.0 Å². The van der Waals surface area contributed by atoms with E-state index in [2.05, 4.69) is 46.5 Å². The first-order chi connectivity index (χ1) is 12.4. The van der Waals surface area contributed by atoms with E-state index in [1.54, 1.807) is 12.4 Å². The van der Waals surface area contributed by atoms with Gasteiger partial charge in [0.05, 0.1) is 11.9 Å². The van der Waals surface area contributed by atoms with E-state index in [0.29, 0.717) is 0 Å². The maximum atomic E-state index is 4.24. The molecule has 0 saturated heterocycles. The van der Waals surface area contributed by atoms with E-state index < -0.39 is 0 Å². The van der Waals surface area contributed by atoms with Crippen LogP contribution in [0.2, 0.25) is 0 Å². The molecule has 0 amide bonds. The van der Waals surface area contributed by atoms with Crippen molar-refractivity contribution in [2.75, 3.05) is 0 Å². The van der Waals surface area contributed by atoms with Crippen LogP contribution in [0.1, 0.15) is 51.0 Å². The Morgan fingerprint density at radius 3 is 2.48 bits per heavy atom. The Balaban J connectivity index is 1.55. The second-order valence-electron chi connectivity index (χ2n) is 6.47. The molecule has 0 atom stereocenters. The molecule has 0 spiro atoms. The minimum absolute atomic E-state index is 0.837. The molecule has 4 nitrogen and oxygen atoms in total. The first-order valence-corrected chi connectivity index (χ1v) is 9.29. The van der Waals surface area contributed by atoms with Gasteiger partial charge in [-0.1, -0.05) is 56.4 Å². The van der Waals surface area contributed by atoms with Gasteiger partial charge in [-0.3, -0.25) is 4.98 Å². The summed E-state index contributed by atoms with van der Waals surface area (Å²) >= 11 is 0. The lowest BCUT2D eigenvalue weighted by Crippen LogP contribution is -1.95. The van der Waals surface area contributed by atoms with Gasteiger partial charge in [-0.05, 0) is 42.7 Å². The average molecular weight is 334 g/mol. The summed E-state index contributed by atoms with van der Waals surface area (Å²) in [6.07, 6.45) is 14.7. The van der Waals surface area contributed by atoms with Crippen LogP contribution in [0.3, 0.4) is 0 Å². The Labute approximate surface area is 149 Å². The van der Waals surface area contributed by atoms with Crippen LogP contribution in [0.25, 0.3) is 16.9 Å². The van der Waals surface area contributed by atoms with E-state index in [0.717, 1.165) is 23.4 Å². The number of benzene rings is 1. The molecule has 0 unspecified atom stereocenters. The van der Waals surface area contributed by atoms with Gasteiger partial charge in [0.2, 0.25) is 0 Å². The molecule has 0 bridgehead atoms. The van der Waals surface area contributed by atoms with Crippen molar-refractivity contribution in [2.45, 2.75) is 51.9 Å². The van der Waals surface area contributed by atoms with Crippen LogP contribution in [0.4, 0.5) is 0 Å². The first-order valence-electron chi connectivity index (χ1n) is 9.29. The van der Waals surface area contributed by atoms with Crippen molar-refractivity contribution in [1.82, 2.24) is 20.0 Å². The number of pyridine rings is 1. The molecule has 4 heteroatoms. The lowest BCUT2D eigenvalue weighted by molar-refractivity contribution is 0.607. The summed E-state index contributed by atoms with van der Waals surface area (Å²) < 4.78 is 1.82. The largest absolute Gasteiger partial charge is 0.264 e. The number of unbranched alkanes of at least 4 members (excludes halogenated alkanes) is 5. The van der Waals surface area contributed by atoms with Gasteiger partial charge in [-0.25, -0.2) is 4.68 Å². The molecule has 0 aliphatic heterocycles. The van der Waals surface area contributed by atoms with E-state index in [1.807, 2.05) is 23.0 Å². The SMILES string of the molecule is CCCCCCCCc1ccc(-n2cc(-c3cccnc3)nn2)cc1. The molecule has 0 aliphatic rings. The minimum atomic E-state index is 0.837. The molecule has 3 aromatic rings. The molecular formula is C21H26N4. The monoisotopic (exact) mass is 334 g/mol. The Morgan fingerprint density at radius 1 is 0.920 bits per heavy atom. The standard InChI is InChI=1S/C21H26N4/c1-2-3-4-5-6-7-9-18-11-13-20(14-12-18)25-17-21(23-24-25)19-10-8-15-22-16-19/h8,10-17H,2-7,9H2,1H3. The van der Waals surface area contributed by atoms with Crippen LogP contribution in [0.5, 0.6) is 0 Å². The highest BCUT2D eigenvalue weighted by Crippen LogP contribution is 2.17. The van der Waals surface area contributed by atoms with E-state index in [-0.39, 0.29) is 0 Å². The molecule has 2 aromatic heterocycles. The third-order valence-electron chi connectivity index (χ3n) is 4.47. The summed E-state index contributed by atoms with van der Waals surface area (Å²) in [4.78, 5) is 4.13. The van der Waals surface area contributed by atoms with Gasteiger partial charge in [-0.2, -0.15) is 0 Å². The van der Waals surface area contributed by atoms with Crippen LogP contribution in [-0.4, -0.2) is 20.0 Å². The molecule has 0 fully saturated rings. The van der Waals surface area contributed by atoms with Crippen LogP contribution >= 0.6 is 0 Å². The van der Waals surface area contributed by atoms with E-state index >= 15 is 0 Å². The zero-order valence-electron chi connectivity index (χ0n) is 14.9. The van der Waals surface area contributed by atoms with Crippen molar-refractivity contribution in [3.8, 4) is 16.9 Å². The Bertz CT molecular complexity index is 747. The van der Waals surface area contributed by atoms with Crippen molar-refractivity contribution >= 4 is 0 Å². The zero-order chi connectivity index (χ0) is 17.3. The summed E-state index contributed by atoms with van der Waals surface area (Å²) in [5.41, 5.74) is 4.25. The average Bonchev–Trinajstić information content (AvgIpc) is 3.16. The quantitative estimate of drug-likeness (QED) is 0.503. The third-order valence-corrected chi connectivity index (χ3v) is 4.47. The fourth-order valence-electron chi connectivity index (χ4n) is 2.96. The van der Waals surface area contributed by atoms with Crippen molar-refractivity contribution in [1.29, 1.82) is 0 Å². The summed E-state index contributed by atoms with van der Waals surface area (Å²) in [5.74, 6) is 0. The molecule has 1 aromatic carbocycles. The Morgan fingerprint density at radius 2 is 1.72 bits per heavy atom. The zero-order valence-corrected chi connectivity index (χ0v) is 14.9. The topological polar surface area (TPSA) is 43.6 Å². The molecule has 0 N–H and O–H groups in total. The highest BCUT2D eigenvalue weighted by molar-refractivity contribution is 5.56. The van der Waals surface area contributed by atoms with Crippen molar-refractivity contribution in [3.63, 3.8) is 0 Å². The lowest BCUT2D eigenvalue weighted by atomic mass is 10.0. The number of hydrogen-bond acceptors (Lipinski definition) is 3. The maximum Gasteiger partial charge on any atom is 0.115 e. The number of rotatable bonds is 9. The van der Waals surface area contributed by atoms with Crippen molar-refractivity contribution in [3.05, 3.63) is 60.6 Å². The summed E-state index contributed by atoms with van der Waals surface area (Å²) in [6.45, 7) is 2.26. The second kappa shape index (κ2) is 9.11. The van der Waals surface area contributed by atoms with Crippen molar-refractivity contribution < 1.29 is 0 Å². The van der Waals surface area contributed by atoms with Crippen LogP contribution in [0.15, 0.2) is 55.0 Å². The molecule has 0 aliphatic carbocycles.